The summed E-state index contributed by atoms with van der Waals surface area (Å²) in [5.41, 5.74) is 2.67. The molecule has 0 amide bonds. The average Bonchev–Trinajstić information content (AvgIpc) is 2.88. The van der Waals surface area contributed by atoms with Crippen LogP contribution in [0.4, 0.5) is 0 Å². The van der Waals surface area contributed by atoms with Crippen LogP contribution in [0.15, 0.2) is 46.5 Å². The summed E-state index contributed by atoms with van der Waals surface area (Å²) in [4.78, 5) is 8.61. The predicted molar refractivity (Wildman–Crippen MR) is 80.2 cm³/mol. The van der Waals surface area contributed by atoms with Crippen LogP contribution in [-0.2, 0) is 6.42 Å². The van der Waals surface area contributed by atoms with Crippen molar-refractivity contribution in [3.63, 3.8) is 0 Å². The van der Waals surface area contributed by atoms with Gasteiger partial charge in [0.25, 0.3) is 0 Å². The van der Waals surface area contributed by atoms with Gasteiger partial charge in [-0.15, -0.1) is 11.3 Å². The summed E-state index contributed by atoms with van der Waals surface area (Å²) >= 11 is 4.98. The van der Waals surface area contributed by atoms with Crippen LogP contribution >= 0.6 is 27.3 Å². The van der Waals surface area contributed by atoms with Gasteiger partial charge in [0.05, 0.1) is 16.3 Å². The number of fused-ring (bicyclic) bond motifs is 1. The first-order valence-corrected chi connectivity index (χ1v) is 7.51. The number of aliphatic hydroxyl groups is 1. The Kier molecular flexibility index (Phi) is 3.59. The monoisotopic (exact) mass is 334 g/mol. The van der Waals surface area contributed by atoms with Gasteiger partial charge in [-0.25, -0.2) is 0 Å². The highest BCUT2D eigenvalue weighted by Gasteiger charge is 2.11. The smallest absolute Gasteiger partial charge is 0.0860 e. The molecular formula is C14H11BrN2OS. The van der Waals surface area contributed by atoms with Crippen molar-refractivity contribution in [3.05, 3.63) is 57.8 Å². The first-order valence-electron chi connectivity index (χ1n) is 5.84. The van der Waals surface area contributed by atoms with Gasteiger partial charge in [-0.3, -0.25) is 9.97 Å². The molecular weight excluding hydrogens is 324 g/mol. The van der Waals surface area contributed by atoms with E-state index < -0.39 is 6.10 Å². The van der Waals surface area contributed by atoms with Crippen LogP contribution in [0, 0.1) is 0 Å². The number of aliphatic hydroxyl groups excluding tert-OH is 1. The van der Waals surface area contributed by atoms with Crippen molar-refractivity contribution in [3.8, 4) is 0 Å². The second-order valence-corrected chi connectivity index (χ2v) is 6.12. The van der Waals surface area contributed by atoms with Gasteiger partial charge in [0, 0.05) is 34.5 Å². The van der Waals surface area contributed by atoms with Gasteiger partial charge in [0.2, 0.25) is 0 Å². The number of halogens is 1. The highest BCUT2D eigenvalue weighted by atomic mass is 79.9. The molecule has 0 fully saturated rings. The first-order chi connectivity index (χ1) is 9.22. The summed E-state index contributed by atoms with van der Waals surface area (Å²) in [5, 5.41) is 12.3. The molecule has 0 spiro atoms. The van der Waals surface area contributed by atoms with Crippen LogP contribution in [-0.4, -0.2) is 15.1 Å². The molecule has 0 aliphatic heterocycles. The van der Waals surface area contributed by atoms with Gasteiger partial charge in [-0.2, -0.15) is 0 Å². The molecule has 0 saturated heterocycles. The summed E-state index contributed by atoms with van der Waals surface area (Å²) < 4.78 is 2.03. The summed E-state index contributed by atoms with van der Waals surface area (Å²) in [6.45, 7) is 0. The highest BCUT2D eigenvalue weighted by molar-refractivity contribution is 9.10. The fourth-order valence-corrected chi connectivity index (χ4v) is 2.91. The Labute approximate surface area is 123 Å². The minimum absolute atomic E-state index is 0.492. The molecule has 3 heterocycles. The lowest BCUT2D eigenvalue weighted by molar-refractivity contribution is 0.177. The lowest BCUT2D eigenvalue weighted by Crippen LogP contribution is -2.03. The quantitative estimate of drug-likeness (QED) is 0.793. The summed E-state index contributed by atoms with van der Waals surface area (Å²) in [5.74, 6) is 0. The van der Waals surface area contributed by atoms with E-state index in [1.807, 2.05) is 29.6 Å². The zero-order valence-corrected chi connectivity index (χ0v) is 12.4. The molecule has 19 heavy (non-hydrogen) atoms. The molecule has 0 radical (unpaired) electrons. The predicted octanol–water partition coefficient (Wildman–Crippen LogP) is 3.73. The molecule has 0 bridgehead atoms. The number of thiophene rings is 1. The largest absolute Gasteiger partial charge is 0.388 e. The normalized spacial score (nSPS) is 12.7. The van der Waals surface area contributed by atoms with E-state index in [0.717, 1.165) is 25.9 Å². The minimum atomic E-state index is -0.576. The van der Waals surface area contributed by atoms with Gasteiger partial charge >= 0.3 is 0 Å². The van der Waals surface area contributed by atoms with Crippen molar-refractivity contribution < 1.29 is 5.11 Å². The van der Waals surface area contributed by atoms with Gasteiger partial charge in [-0.1, -0.05) is 0 Å². The van der Waals surface area contributed by atoms with Crippen LogP contribution in [0.3, 0.4) is 0 Å². The van der Waals surface area contributed by atoms with Crippen molar-refractivity contribution in [2.24, 2.45) is 0 Å². The van der Waals surface area contributed by atoms with E-state index in [1.165, 1.54) is 0 Å². The molecule has 3 rings (SSSR count). The van der Waals surface area contributed by atoms with E-state index in [9.17, 15) is 5.11 Å². The maximum absolute atomic E-state index is 10.3. The fraction of sp³-hybridized carbons (Fsp3) is 0.143. The third-order valence-electron chi connectivity index (χ3n) is 2.90. The van der Waals surface area contributed by atoms with Crippen molar-refractivity contribution in [1.82, 2.24) is 9.97 Å². The molecule has 0 aliphatic carbocycles. The molecule has 96 valence electrons. The second-order valence-electron chi connectivity index (χ2n) is 4.26. The zero-order valence-electron chi connectivity index (χ0n) is 9.95. The SMILES string of the molecule is OC(Cc1ccc(Br)cn1)c1cnc2ccsc2c1. The van der Waals surface area contributed by atoms with E-state index in [1.54, 1.807) is 23.7 Å². The van der Waals surface area contributed by atoms with Crippen LogP contribution in [0.2, 0.25) is 0 Å². The summed E-state index contributed by atoms with van der Waals surface area (Å²) in [7, 11) is 0. The van der Waals surface area contributed by atoms with E-state index in [2.05, 4.69) is 25.9 Å². The molecule has 3 aromatic rings. The molecule has 1 N–H and O–H groups in total. The Morgan fingerprint density at radius 3 is 2.89 bits per heavy atom. The van der Waals surface area contributed by atoms with Crippen molar-refractivity contribution in [1.29, 1.82) is 0 Å². The Hall–Kier alpha value is -1.30. The van der Waals surface area contributed by atoms with Crippen LogP contribution < -0.4 is 0 Å². The molecule has 5 heteroatoms. The minimum Gasteiger partial charge on any atom is -0.388 e. The number of pyridine rings is 2. The Balaban J connectivity index is 1.82. The number of hydrogen-bond donors (Lipinski definition) is 1. The molecule has 3 nitrogen and oxygen atoms in total. The molecule has 1 atom stereocenters. The van der Waals surface area contributed by atoms with Crippen molar-refractivity contribution >= 4 is 37.5 Å². The first kappa shape index (κ1) is 12.7. The maximum atomic E-state index is 10.3. The third kappa shape index (κ3) is 2.83. The molecule has 0 aliphatic rings. The van der Waals surface area contributed by atoms with Gasteiger partial charge < -0.3 is 5.11 Å². The van der Waals surface area contributed by atoms with Crippen LogP contribution in [0.5, 0.6) is 0 Å². The number of hydrogen-bond acceptors (Lipinski definition) is 4. The van der Waals surface area contributed by atoms with Crippen molar-refractivity contribution in [2.45, 2.75) is 12.5 Å². The topological polar surface area (TPSA) is 46.0 Å². The van der Waals surface area contributed by atoms with Crippen LogP contribution in [0.25, 0.3) is 10.2 Å². The molecule has 0 aromatic carbocycles. The average molecular weight is 335 g/mol. The van der Waals surface area contributed by atoms with E-state index in [-0.39, 0.29) is 0 Å². The molecule has 3 aromatic heterocycles. The zero-order chi connectivity index (χ0) is 13.2. The Morgan fingerprint density at radius 1 is 1.21 bits per heavy atom. The van der Waals surface area contributed by atoms with Gasteiger partial charge in [-0.05, 0) is 45.6 Å². The second kappa shape index (κ2) is 5.36. The number of aromatic nitrogens is 2. The lowest BCUT2D eigenvalue weighted by atomic mass is 10.1. The molecule has 0 saturated carbocycles. The van der Waals surface area contributed by atoms with E-state index in [0.29, 0.717) is 6.42 Å². The van der Waals surface area contributed by atoms with Crippen molar-refractivity contribution in [2.75, 3.05) is 0 Å². The fourth-order valence-electron chi connectivity index (χ4n) is 1.89. The number of rotatable bonds is 3. The lowest BCUT2D eigenvalue weighted by Gasteiger charge is -2.10. The van der Waals surface area contributed by atoms with Gasteiger partial charge in [0.1, 0.15) is 0 Å². The van der Waals surface area contributed by atoms with Crippen LogP contribution in [0.1, 0.15) is 17.4 Å². The maximum Gasteiger partial charge on any atom is 0.0860 e. The van der Waals surface area contributed by atoms with E-state index in [4.69, 9.17) is 0 Å². The standard InChI is InChI=1S/C14H11BrN2OS/c15-10-1-2-11(16-8-10)6-13(18)9-5-14-12(17-7-9)3-4-19-14/h1-5,7-8,13,18H,6H2. The van der Waals surface area contributed by atoms with Gasteiger partial charge in [0.15, 0.2) is 0 Å². The summed E-state index contributed by atoms with van der Waals surface area (Å²) in [6, 6.07) is 7.81. The molecule has 1 unspecified atom stereocenters. The highest BCUT2D eigenvalue weighted by Crippen LogP contribution is 2.24. The Bertz CT molecular complexity index is 696. The number of nitrogens with zero attached hydrogens (tertiary/aromatic N) is 2. The van der Waals surface area contributed by atoms with E-state index >= 15 is 0 Å². The Morgan fingerprint density at radius 2 is 2.11 bits per heavy atom. The summed E-state index contributed by atoms with van der Waals surface area (Å²) in [6.07, 6.45) is 3.39. The third-order valence-corrected chi connectivity index (χ3v) is 4.22.